The van der Waals surface area contributed by atoms with Gasteiger partial charge in [0.05, 0.1) is 11.0 Å². The fourth-order valence-electron chi connectivity index (χ4n) is 3.53. The standard InChI is InChI=1S/C18H25N3O/c1-4-17(22)20-11-7-8-14(12-20)18-19-15-9-5-6-10-16(15)21(18)13(2)3/h5-6,9-10,13-14H,4,7-8,11-12H2,1-3H3/t14-/m1/s1. The van der Waals surface area contributed by atoms with Crippen molar-refractivity contribution in [2.24, 2.45) is 0 Å². The Bertz CT molecular complexity index is 674. The first-order valence-electron chi connectivity index (χ1n) is 8.36. The highest BCUT2D eigenvalue weighted by Gasteiger charge is 2.28. The molecule has 0 N–H and O–H groups in total. The number of carbonyl (C=O) groups excluding carboxylic acids is 1. The molecule has 4 heteroatoms. The lowest BCUT2D eigenvalue weighted by Crippen LogP contribution is -2.39. The second kappa shape index (κ2) is 6.11. The Morgan fingerprint density at radius 1 is 1.36 bits per heavy atom. The molecule has 3 rings (SSSR count). The Labute approximate surface area is 132 Å². The van der Waals surface area contributed by atoms with E-state index in [1.807, 2.05) is 17.9 Å². The molecule has 2 heterocycles. The molecule has 2 aromatic rings. The molecule has 0 unspecified atom stereocenters. The van der Waals surface area contributed by atoms with Gasteiger partial charge in [0, 0.05) is 31.5 Å². The summed E-state index contributed by atoms with van der Waals surface area (Å²) in [7, 11) is 0. The molecule has 0 saturated carbocycles. The molecule has 1 fully saturated rings. The van der Waals surface area contributed by atoms with Crippen LogP contribution in [0, 0.1) is 0 Å². The summed E-state index contributed by atoms with van der Waals surface area (Å²) in [6.07, 6.45) is 2.77. The van der Waals surface area contributed by atoms with E-state index in [1.165, 1.54) is 5.52 Å². The molecule has 22 heavy (non-hydrogen) atoms. The number of nitrogens with zero attached hydrogens (tertiary/aromatic N) is 3. The maximum absolute atomic E-state index is 12.0. The van der Waals surface area contributed by atoms with Crippen LogP contribution >= 0.6 is 0 Å². The van der Waals surface area contributed by atoms with E-state index in [-0.39, 0.29) is 5.91 Å². The van der Waals surface area contributed by atoms with Gasteiger partial charge in [-0.1, -0.05) is 19.1 Å². The topological polar surface area (TPSA) is 38.1 Å². The van der Waals surface area contributed by atoms with E-state index < -0.39 is 0 Å². The third-order valence-electron chi connectivity index (χ3n) is 4.58. The predicted molar refractivity (Wildman–Crippen MR) is 89.0 cm³/mol. The van der Waals surface area contributed by atoms with Gasteiger partial charge < -0.3 is 9.47 Å². The van der Waals surface area contributed by atoms with Crippen LogP contribution in [-0.2, 0) is 4.79 Å². The van der Waals surface area contributed by atoms with Crippen molar-refractivity contribution in [3.05, 3.63) is 30.1 Å². The number of benzene rings is 1. The summed E-state index contributed by atoms with van der Waals surface area (Å²) in [4.78, 5) is 18.9. The summed E-state index contributed by atoms with van der Waals surface area (Å²) >= 11 is 0. The van der Waals surface area contributed by atoms with Gasteiger partial charge in [0.2, 0.25) is 5.91 Å². The average Bonchev–Trinajstić information content (AvgIpc) is 2.94. The van der Waals surface area contributed by atoms with Crippen molar-refractivity contribution in [2.75, 3.05) is 13.1 Å². The summed E-state index contributed by atoms with van der Waals surface area (Å²) in [5, 5.41) is 0. The molecule has 1 aliphatic heterocycles. The lowest BCUT2D eigenvalue weighted by atomic mass is 9.96. The maximum Gasteiger partial charge on any atom is 0.222 e. The first kappa shape index (κ1) is 15.1. The zero-order valence-electron chi connectivity index (χ0n) is 13.7. The fraction of sp³-hybridized carbons (Fsp3) is 0.556. The van der Waals surface area contributed by atoms with Gasteiger partial charge in [-0.2, -0.15) is 0 Å². The van der Waals surface area contributed by atoms with E-state index in [9.17, 15) is 4.79 Å². The van der Waals surface area contributed by atoms with Crippen LogP contribution in [0.3, 0.4) is 0 Å². The Kier molecular flexibility index (Phi) is 4.19. The van der Waals surface area contributed by atoms with Crippen molar-refractivity contribution < 1.29 is 4.79 Å². The third kappa shape index (κ3) is 2.62. The van der Waals surface area contributed by atoms with Crippen LogP contribution in [0.4, 0.5) is 0 Å². The van der Waals surface area contributed by atoms with E-state index in [0.717, 1.165) is 37.3 Å². The van der Waals surface area contributed by atoms with Crippen molar-refractivity contribution in [3.63, 3.8) is 0 Å². The number of para-hydroxylation sites is 2. The van der Waals surface area contributed by atoms with Gasteiger partial charge in [0.15, 0.2) is 0 Å². The zero-order valence-corrected chi connectivity index (χ0v) is 13.7. The molecule has 1 aliphatic rings. The lowest BCUT2D eigenvalue weighted by molar-refractivity contribution is -0.132. The molecular formula is C18H25N3O. The van der Waals surface area contributed by atoms with Gasteiger partial charge in [-0.05, 0) is 38.8 Å². The van der Waals surface area contributed by atoms with E-state index in [4.69, 9.17) is 4.98 Å². The molecular weight excluding hydrogens is 274 g/mol. The molecule has 1 aromatic carbocycles. The number of aromatic nitrogens is 2. The van der Waals surface area contributed by atoms with Crippen molar-refractivity contribution in [2.45, 2.75) is 52.0 Å². The van der Waals surface area contributed by atoms with Crippen molar-refractivity contribution >= 4 is 16.9 Å². The normalized spacial score (nSPS) is 19.1. The molecule has 0 aliphatic carbocycles. The number of hydrogen-bond acceptors (Lipinski definition) is 2. The Hall–Kier alpha value is -1.84. The van der Waals surface area contributed by atoms with Crippen LogP contribution in [0.5, 0.6) is 0 Å². The Morgan fingerprint density at radius 2 is 2.14 bits per heavy atom. The number of fused-ring (bicyclic) bond motifs is 1. The third-order valence-corrected chi connectivity index (χ3v) is 4.58. The summed E-state index contributed by atoms with van der Waals surface area (Å²) in [6.45, 7) is 8.05. The van der Waals surface area contributed by atoms with Gasteiger partial charge in [0.25, 0.3) is 0 Å². The van der Waals surface area contributed by atoms with Crippen LogP contribution in [0.1, 0.15) is 57.8 Å². The van der Waals surface area contributed by atoms with Gasteiger partial charge in [-0.3, -0.25) is 4.79 Å². The molecule has 0 radical (unpaired) electrons. The van der Waals surface area contributed by atoms with Crippen LogP contribution in [0.2, 0.25) is 0 Å². The van der Waals surface area contributed by atoms with Crippen LogP contribution < -0.4 is 0 Å². The quantitative estimate of drug-likeness (QED) is 0.866. The SMILES string of the molecule is CCC(=O)N1CCC[C@@H](c2nc3ccccc3n2C(C)C)C1. The fourth-order valence-corrected chi connectivity index (χ4v) is 3.53. The van der Waals surface area contributed by atoms with Gasteiger partial charge in [0.1, 0.15) is 5.82 Å². The molecule has 0 spiro atoms. The number of imidazole rings is 1. The van der Waals surface area contributed by atoms with Gasteiger partial charge in [-0.25, -0.2) is 4.98 Å². The first-order valence-corrected chi connectivity index (χ1v) is 8.36. The second-order valence-electron chi connectivity index (χ2n) is 6.45. The minimum Gasteiger partial charge on any atom is -0.342 e. The number of piperidine rings is 1. The number of rotatable bonds is 3. The second-order valence-corrected chi connectivity index (χ2v) is 6.45. The summed E-state index contributed by atoms with van der Waals surface area (Å²) in [5.41, 5.74) is 2.26. The first-order chi connectivity index (χ1) is 10.6. The molecule has 4 nitrogen and oxygen atoms in total. The summed E-state index contributed by atoms with van der Waals surface area (Å²) in [6, 6.07) is 8.71. The largest absolute Gasteiger partial charge is 0.342 e. The van der Waals surface area contributed by atoms with Crippen molar-refractivity contribution in [1.82, 2.24) is 14.5 Å². The minimum absolute atomic E-state index is 0.261. The highest BCUT2D eigenvalue weighted by atomic mass is 16.2. The monoisotopic (exact) mass is 299 g/mol. The minimum atomic E-state index is 0.261. The van der Waals surface area contributed by atoms with Gasteiger partial charge in [-0.15, -0.1) is 0 Å². The summed E-state index contributed by atoms with van der Waals surface area (Å²) < 4.78 is 2.35. The highest BCUT2D eigenvalue weighted by Crippen LogP contribution is 2.31. The van der Waals surface area contributed by atoms with Crippen LogP contribution in [-0.4, -0.2) is 33.4 Å². The highest BCUT2D eigenvalue weighted by molar-refractivity contribution is 5.77. The van der Waals surface area contributed by atoms with E-state index in [2.05, 4.69) is 36.6 Å². The van der Waals surface area contributed by atoms with Crippen LogP contribution in [0.15, 0.2) is 24.3 Å². The maximum atomic E-state index is 12.0. The summed E-state index contributed by atoms with van der Waals surface area (Å²) in [5.74, 6) is 1.75. The zero-order chi connectivity index (χ0) is 15.7. The van der Waals surface area contributed by atoms with Crippen molar-refractivity contribution in [3.8, 4) is 0 Å². The number of hydrogen-bond donors (Lipinski definition) is 0. The molecule has 1 atom stereocenters. The molecule has 1 saturated heterocycles. The molecule has 0 bridgehead atoms. The Morgan fingerprint density at radius 3 is 2.86 bits per heavy atom. The molecule has 1 amide bonds. The predicted octanol–water partition coefficient (Wildman–Crippen LogP) is 3.73. The Balaban J connectivity index is 1.98. The molecule has 118 valence electrons. The van der Waals surface area contributed by atoms with Crippen LogP contribution in [0.25, 0.3) is 11.0 Å². The number of carbonyl (C=O) groups is 1. The molecule has 1 aromatic heterocycles. The number of amides is 1. The van der Waals surface area contributed by atoms with Crippen molar-refractivity contribution in [1.29, 1.82) is 0 Å². The number of likely N-dealkylation sites (tertiary alicyclic amines) is 1. The van der Waals surface area contributed by atoms with E-state index in [1.54, 1.807) is 0 Å². The smallest absolute Gasteiger partial charge is 0.222 e. The van der Waals surface area contributed by atoms with E-state index in [0.29, 0.717) is 18.4 Å². The van der Waals surface area contributed by atoms with Gasteiger partial charge >= 0.3 is 0 Å². The lowest BCUT2D eigenvalue weighted by Gasteiger charge is -2.33. The average molecular weight is 299 g/mol. The van der Waals surface area contributed by atoms with E-state index >= 15 is 0 Å².